The lowest BCUT2D eigenvalue weighted by Gasteiger charge is -2.23. The van der Waals surface area contributed by atoms with Gasteiger partial charge in [-0.05, 0) is 26.3 Å². The summed E-state index contributed by atoms with van der Waals surface area (Å²) >= 11 is 0. The van der Waals surface area contributed by atoms with Crippen LogP contribution in [0.25, 0.3) is 10.9 Å². The number of fused-ring (bicyclic) bond motifs is 1. The van der Waals surface area contributed by atoms with Crippen molar-refractivity contribution in [3.05, 3.63) is 30.5 Å². The molecule has 2 rings (SSSR count). The Morgan fingerprint density at radius 1 is 1.30 bits per heavy atom. The third-order valence-electron chi connectivity index (χ3n) is 3.57. The molecule has 20 heavy (non-hydrogen) atoms. The van der Waals surface area contributed by atoms with Gasteiger partial charge in [-0.3, -0.25) is 0 Å². The maximum Gasteiger partial charge on any atom is 0.240 e. The third kappa shape index (κ3) is 3.03. The van der Waals surface area contributed by atoms with E-state index in [0.717, 1.165) is 11.9 Å². The number of aromatic nitrogens is 1. The van der Waals surface area contributed by atoms with Crippen LogP contribution in [0.4, 0.5) is 0 Å². The molecule has 6 heteroatoms. The van der Waals surface area contributed by atoms with Gasteiger partial charge in [0.2, 0.25) is 10.0 Å². The summed E-state index contributed by atoms with van der Waals surface area (Å²) < 4.78 is 30.6. The fourth-order valence-corrected chi connectivity index (χ4v) is 2.87. The van der Waals surface area contributed by atoms with Crippen molar-refractivity contribution >= 4 is 20.9 Å². The second-order valence-electron chi connectivity index (χ2n) is 5.46. The first-order chi connectivity index (χ1) is 9.24. The normalized spacial score (nSPS) is 13.0. The number of hydrogen-bond acceptors (Lipinski definition) is 3. The fourth-order valence-electron chi connectivity index (χ4n) is 2.12. The van der Waals surface area contributed by atoms with Crippen LogP contribution < -0.4 is 5.14 Å². The molecular formula is C14H20N2O3S. The molecule has 0 unspecified atom stereocenters. The van der Waals surface area contributed by atoms with E-state index in [1.807, 2.05) is 30.5 Å². The van der Waals surface area contributed by atoms with Crippen LogP contribution >= 0.6 is 0 Å². The van der Waals surface area contributed by atoms with Crippen LogP contribution in [-0.4, -0.2) is 25.7 Å². The zero-order chi connectivity index (χ0) is 15.0. The number of methoxy groups -OCH3 is 1. The van der Waals surface area contributed by atoms with Gasteiger partial charge in [0.1, 0.15) is 4.90 Å². The average Bonchev–Trinajstić information content (AvgIpc) is 2.75. The Bertz CT molecular complexity index is 717. The number of nitrogens with two attached hydrogens (primary N) is 1. The highest BCUT2D eigenvalue weighted by Crippen LogP contribution is 2.25. The number of ether oxygens (including phenoxy) is 1. The molecule has 0 saturated carbocycles. The molecule has 1 heterocycles. The molecule has 0 amide bonds. The maximum atomic E-state index is 11.7. The summed E-state index contributed by atoms with van der Waals surface area (Å²) in [6.07, 6.45) is 2.37. The SMILES string of the molecule is COC(C)(C)CCn1cc(S(N)(=O)=O)c2ccccc21. The Morgan fingerprint density at radius 3 is 2.55 bits per heavy atom. The smallest absolute Gasteiger partial charge is 0.240 e. The Balaban J connectivity index is 2.45. The number of nitrogens with zero attached hydrogens (tertiary/aromatic N) is 1. The number of sulfonamides is 1. The van der Waals surface area contributed by atoms with Gasteiger partial charge in [-0.25, -0.2) is 13.6 Å². The maximum absolute atomic E-state index is 11.7. The number of aryl methyl sites for hydroxylation is 1. The van der Waals surface area contributed by atoms with Crippen LogP contribution in [0.1, 0.15) is 20.3 Å². The topological polar surface area (TPSA) is 74.3 Å². The zero-order valence-electron chi connectivity index (χ0n) is 12.0. The van der Waals surface area contributed by atoms with Crippen molar-refractivity contribution in [3.63, 3.8) is 0 Å². The second-order valence-corrected chi connectivity index (χ2v) is 6.99. The first kappa shape index (κ1) is 15.0. The van der Waals surface area contributed by atoms with Crippen LogP contribution in [0.2, 0.25) is 0 Å². The van der Waals surface area contributed by atoms with Gasteiger partial charge in [-0.15, -0.1) is 0 Å². The number of para-hydroxylation sites is 1. The van der Waals surface area contributed by atoms with E-state index < -0.39 is 10.0 Å². The molecule has 0 aliphatic heterocycles. The summed E-state index contributed by atoms with van der Waals surface area (Å²) in [6, 6.07) is 7.35. The fraction of sp³-hybridized carbons (Fsp3) is 0.429. The van der Waals surface area contributed by atoms with Crippen LogP contribution in [0.3, 0.4) is 0 Å². The lowest BCUT2D eigenvalue weighted by Crippen LogP contribution is -2.24. The van der Waals surface area contributed by atoms with Gasteiger partial charge in [-0.2, -0.15) is 0 Å². The van der Waals surface area contributed by atoms with Crippen molar-refractivity contribution in [2.45, 2.75) is 37.3 Å². The molecule has 2 N–H and O–H groups in total. The molecule has 2 aromatic rings. The Kier molecular flexibility index (Phi) is 3.90. The lowest BCUT2D eigenvalue weighted by molar-refractivity contribution is 0.0123. The quantitative estimate of drug-likeness (QED) is 0.918. The van der Waals surface area contributed by atoms with Gasteiger partial charge in [-0.1, -0.05) is 18.2 Å². The van der Waals surface area contributed by atoms with E-state index in [4.69, 9.17) is 9.88 Å². The van der Waals surface area contributed by atoms with Crippen molar-refractivity contribution in [2.24, 2.45) is 5.14 Å². The van der Waals surface area contributed by atoms with Crippen molar-refractivity contribution in [3.8, 4) is 0 Å². The minimum Gasteiger partial charge on any atom is -0.379 e. The second kappa shape index (κ2) is 5.20. The summed E-state index contributed by atoms with van der Waals surface area (Å²) in [5.41, 5.74) is 0.607. The standard InChI is InChI=1S/C14H20N2O3S/c1-14(2,19-3)8-9-16-10-13(20(15,17)18)11-6-4-5-7-12(11)16/h4-7,10H,8-9H2,1-3H3,(H2,15,17,18). The molecule has 0 fully saturated rings. The predicted octanol–water partition coefficient (Wildman–Crippen LogP) is 2.10. The predicted molar refractivity (Wildman–Crippen MR) is 79.0 cm³/mol. The van der Waals surface area contributed by atoms with Crippen LogP contribution in [0.15, 0.2) is 35.4 Å². The van der Waals surface area contributed by atoms with Crippen molar-refractivity contribution in [1.82, 2.24) is 4.57 Å². The largest absolute Gasteiger partial charge is 0.379 e. The van der Waals surface area contributed by atoms with E-state index in [1.165, 1.54) is 0 Å². The number of rotatable bonds is 5. The Labute approximate surface area is 119 Å². The molecule has 0 aliphatic rings. The number of hydrogen-bond donors (Lipinski definition) is 1. The van der Waals surface area contributed by atoms with Crippen LogP contribution in [0.5, 0.6) is 0 Å². The molecule has 110 valence electrons. The van der Waals surface area contributed by atoms with E-state index >= 15 is 0 Å². The van der Waals surface area contributed by atoms with Gasteiger partial charge < -0.3 is 9.30 Å². The van der Waals surface area contributed by atoms with Gasteiger partial charge in [0, 0.05) is 30.8 Å². The van der Waals surface area contributed by atoms with E-state index in [2.05, 4.69) is 0 Å². The summed E-state index contributed by atoms with van der Waals surface area (Å²) in [7, 11) is -2.05. The molecule has 0 spiro atoms. The first-order valence-corrected chi connectivity index (χ1v) is 7.95. The highest BCUT2D eigenvalue weighted by molar-refractivity contribution is 7.89. The number of benzene rings is 1. The molecule has 0 aliphatic carbocycles. The summed E-state index contributed by atoms with van der Waals surface area (Å²) in [6.45, 7) is 4.66. The molecule has 0 saturated heterocycles. The average molecular weight is 296 g/mol. The molecule has 0 atom stereocenters. The molecule has 0 radical (unpaired) electrons. The Hall–Kier alpha value is -1.37. The van der Waals surface area contributed by atoms with Crippen LogP contribution in [0, 0.1) is 0 Å². The van der Waals surface area contributed by atoms with E-state index in [9.17, 15) is 8.42 Å². The van der Waals surface area contributed by atoms with Crippen molar-refractivity contribution in [2.75, 3.05) is 7.11 Å². The van der Waals surface area contributed by atoms with E-state index in [0.29, 0.717) is 11.9 Å². The van der Waals surface area contributed by atoms with Crippen LogP contribution in [-0.2, 0) is 21.3 Å². The van der Waals surface area contributed by atoms with Gasteiger partial charge in [0.25, 0.3) is 0 Å². The summed E-state index contributed by atoms with van der Waals surface area (Å²) in [4.78, 5) is 0.170. The van der Waals surface area contributed by atoms with E-state index in [1.54, 1.807) is 25.4 Å². The highest BCUT2D eigenvalue weighted by atomic mass is 32.2. The minimum atomic E-state index is -3.72. The number of primary sulfonamides is 1. The first-order valence-electron chi connectivity index (χ1n) is 6.40. The van der Waals surface area contributed by atoms with Gasteiger partial charge in [0.05, 0.1) is 5.60 Å². The highest BCUT2D eigenvalue weighted by Gasteiger charge is 2.20. The zero-order valence-corrected chi connectivity index (χ0v) is 12.8. The van der Waals surface area contributed by atoms with E-state index in [-0.39, 0.29) is 10.5 Å². The van der Waals surface area contributed by atoms with Crippen molar-refractivity contribution in [1.29, 1.82) is 0 Å². The van der Waals surface area contributed by atoms with Gasteiger partial charge in [0.15, 0.2) is 0 Å². The minimum absolute atomic E-state index is 0.170. The molecule has 0 bridgehead atoms. The third-order valence-corrected chi connectivity index (χ3v) is 4.50. The molecule has 1 aromatic carbocycles. The Morgan fingerprint density at radius 2 is 1.95 bits per heavy atom. The lowest BCUT2D eigenvalue weighted by atomic mass is 10.1. The van der Waals surface area contributed by atoms with Gasteiger partial charge >= 0.3 is 0 Å². The van der Waals surface area contributed by atoms with Crippen molar-refractivity contribution < 1.29 is 13.2 Å². The molecular weight excluding hydrogens is 276 g/mol. The summed E-state index contributed by atoms with van der Waals surface area (Å²) in [5.74, 6) is 0. The molecule has 5 nitrogen and oxygen atoms in total. The summed E-state index contributed by atoms with van der Waals surface area (Å²) in [5, 5.41) is 5.94. The monoisotopic (exact) mass is 296 g/mol. The molecule has 1 aromatic heterocycles.